The molecule has 0 fully saturated rings. The van der Waals surface area contributed by atoms with Crippen LogP contribution in [0, 0.1) is 0 Å². The van der Waals surface area contributed by atoms with E-state index in [1.807, 2.05) is 0 Å². The van der Waals surface area contributed by atoms with Crippen molar-refractivity contribution >= 4 is 21.8 Å². The van der Waals surface area contributed by atoms with E-state index in [9.17, 15) is 8.42 Å². The van der Waals surface area contributed by atoms with Gasteiger partial charge in [0, 0.05) is 11.1 Å². The number of ether oxygens (including phenoxy) is 2. The van der Waals surface area contributed by atoms with E-state index in [0.717, 1.165) is 0 Å². The Morgan fingerprint density at radius 2 is 2.24 bits per heavy atom. The van der Waals surface area contributed by atoms with Crippen molar-refractivity contribution in [3.05, 3.63) is 23.2 Å². The zero-order chi connectivity index (χ0) is 12.5. The summed E-state index contributed by atoms with van der Waals surface area (Å²) in [7, 11) is -3.46. The quantitative estimate of drug-likeness (QED) is 0.784. The zero-order valence-electron chi connectivity index (χ0n) is 8.85. The number of fused-ring (bicyclic) bond motifs is 1. The molecule has 2 rings (SSSR count). The highest BCUT2D eigenvalue weighted by atomic mass is 35.5. The average Bonchev–Trinajstić information content (AvgIpc) is 2.25. The molecule has 0 radical (unpaired) electrons. The lowest BCUT2D eigenvalue weighted by Gasteiger charge is -2.26. The van der Waals surface area contributed by atoms with Crippen molar-refractivity contribution in [1.29, 1.82) is 0 Å². The fourth-order valence-corrected chi connectivity index (χ4v) is 2.01. The summed E-state index contributed by atoms with van der Waals surface area (Å²) >= 11 is 5.80. The second-order valence-corrected chi connectivity index (χ2v) is 5.56. The molecule has 17 heavy (non-hydrogen) atoms. The smallest absolute Gasteiger partial charge is 0.365 e. The second kappa shape index (κ2) is 4.69. The lowest BCUT2D eigenvalue weighted by molar-refractivity contribution is -0.168. The fraction of sp³-hybridized carbons (Fsp3) is 0.333. The summed E-state index contributed by atoms with van der Waals surface area (Å²) in [6, 6.07) is 5.01. The largest absolute Gasteiger partial charge is 0.486 e. The molecule has 1 unspecified atom stereocenters. The highest BCUT2D eigenvalue weighted by molar-refractivity contribution is 7.82. The van der Waals surface area contributed by atoms with Gasteiger partial charge in [-0.1, -0.05) is 11.6 Å². The number of rotatable bonds is 3. The predicted molar refractivity (Wildman–Crippen MR) is 61.2 cm³/mol. The van der Waals surface area contributed by atoms with Gasteiger partial charge in [0.1, 0.15) is 12.7 Å². The van der Waals surface area contributed by atoms with Crippen LogP contribution in [-0.2, 0) is 10.2 Å². The van der Waals surface area contributed by atoms with Gasteiger partial charge in [-0.2, -0.15) is 13.1 Å². The molecule has 8 heteroatoms. The van der Waals surface area contributed by atoms with Crippen molar-refractivity contribution in [2.75, 3.05) is 13.2 Å². The van der Waals surface area contributed by atoms with E-state index in [-0.39, 0.29) is 19.3 Å². The number of benzene rings is 1. The SMILES string of the molecule is [NH3+]S(=O)(=O)NCC1COc2cc(Cl)ccc2O1. The first-order chi connectivity index (χ1) is 7.94. The molecule has 1 heterocycles. The van der Waals surface area contributed by atoms with Crippen LogP contribution in [-0.4, -0.2) is 27.7 Å². The van der Waals surface area contributed by atoms with E-state index in [1.165, 1.54) is 0 Å². The van der Waals surface area contributed by atoms with Crippen LogP contribution in [0.15, 0.2) is 18.2 Å². The van der Waals surface area contributed by atoms with Crippen molar-refractivity contribution < 1.29 is 23.0 Å². The van der Waals surface area contributed by atoms with Crippen molar-refractivity contribution in [2.45, 2.75) is 6.10 Å². The Bertz CT molecular complexity index is 520. The third-order valence-electron chi connectivity index (χ3n) is 2.16. The second-order valence-electron chi connectivity index (χ2n) is 3.61. The van der Waals surface area contributed by atoms with E-state index in [0.29, 0.717) is 16.5 Å². The van der Waals surface area contributed by atoms with E-state index in [4.69, 9.17) is 21.1 Å². The maximum atomic E-state index is 10.8. The summed E-state index contributed by atoms with van der Waals surface area (Å²) in [4.78, 5) is 0. The Hall–Kier alpha value is -1.02. The van der Waals surface area contributed by atoms with Gasteiger partial charge in [-0.25, -0.2) is 5.14 Å². The average molecular weight is 280 g/mol. The van der Waals surface area contributed by atoms with Crippen molar-refractivity contribution in [3.63, 3.8) is 0 Å². The van der Waals surface area contributed by atoms with Crippen molar-refractivity contribution in [3.8, 4) is 11.5 Å². The molecule has 1 aliphatic heterocycles. The molecule has 1 aliphatic rings. The van der Waals surface area contributed by atoms with Crippen molar-refractivity contribution in [2.24, 2.45) is 0 Å². The van der Waals surface area contributed by atoms with E-state index in [1.54, 1.807) is 18.2 Å². The molecule has 1 aromatic carbocycles. The normalized spacial score (nSPS) is 19.1. The number of nitrogens with one attached hydrogen (secondary N) is 1. The Morgan fingerprint density at radius 1 is 1.47 bits per heavy atom. The summed E-state index contributed by atoms with van der Waals surface area (Å²) in [5.74, 6) is 1.11. The molecule has 0 aliphatic carbocycles. The third-order valence-corrected chi connectivity index (χ3v) is 3.00. The van der Waals surface area contributed by atoms with Crippen LogP contribution in [0.3, 0.4) is 0 Å². The first kappa shape index (κ1) is 12.4. The molecule has 0 aromatic heterocycles. The van der Waals surface area contributed by atoms with Gasteiger partial charge < -0.3 is 9.47 Å². The molecule has 0 saturated heterocycles. The minimum Gasteiger partial charge on any atom is -0.486 e. The Labute approximate surface area is 104 Å². The summed E-state index contributed by atoms with van der Waals surface area (Å²) in [6.45, 7) is 0.379. The first-order valence-electron chi connectivity index (χ1n) is 4.86. The number of halogens is 1. The lowest BCUT2D eigenvalue weighted by Crippen LogP contribution is -2.64. The Morgan fingerprint density at radius 3 is 2.94 bits per heavy atom. The maximum Gasteiger partial charge on any atom is 0.365 e. The molecule has 4 N–H and O–H groups in total. The van der Waals surface area contributed by atoms with Crippen LogP contribution in [0.1, 0.15) is 0 Å². The van der Waals surface area contributed by atoms with Gasteiger partial charge in [-0.05, 0) is 12.1 Å². The lowest BCUT2D eigenvalue weighted by atomic mass is 10.2. The summed E-state index contributed by atoms with van der Waals surface area (Å²) < 4.78 is 34.9. The summed E-state index contributed by atoms with van der Waals surface area (Å²) in [5.41, 5.74) is 0. The van der Waals surface area contributed by atoms with Crippen LogP contribution in [0.4, 0.5) is 0 Å². The molecule has 0 amide bonds. The molecule has 1 atom stereocenters. The number of hydrogen-bond acceptors (Lipinski definition) is 4. The van der Waals surface area contributed by atoms with Gasteiger partial charge in [-0.15, -0.1) is 0 Å². The Balaban J connectivity index is 2.01. The van der Waals surface area contributed by atoms with Crippen molar-refractivity contribution in [1.82, 2.24) is 4.72 Å². The van der Waals surface area contributed by atoms with Gasteiger partial charge in [0.2, 0.25) is 0 Å². The van der Waals surface area contributed by atoms with E-state index < -0.39 is 10.2 Å². The summed E-state index contributed by atoms with van der Waals surface area (Å²) in [6.07, 6.45) is -0.375. The van der Waals surface area contributed by atoms with Crippen LogP contribution in [0.5, 0.6) is 11.5 Å². The van der Waals surface area contributed by atoms with E-state index >= 15 is 0 Å². The Kier molecular flexibility index (Phi) is 3.43. The fourth-order valence-electron chi connectivity index (χ4n) is 1.41. The number of quaternary nitrogens is 1. The minimum atomic E-state index is -3.46. The van der Waals surface area contributed by atoms with Crippen LogP contribution in [0.25, 0.3) is 0 Å². The van der Waals surface area contributed by atoms with Crippen LogP contribution < -0.4 is 19.3 Å². The number of hydrogen-bond donors (Lipinski definition) is 2. The summed E-state index contributed by atoms with van der Waals surface area (Å²) in [5, 5.41) is 3.52. The molecule has 0 spiro atoms. The topological polar surface area (TPSA) is 92.3 Å². The maximum absolute atomic E-state index is 10.8. The molecular weight excluding hydrogens is 268 g/mol. The zero-order valence-corrected chi connectivity index (χ0v) is 10.4. The van der Waals surface area contributed by atoms with Gasteiger partial charge in [0.25, 0.3) is 0 Å². The molecule has 0 bridgehead atoms. The highest BCUT2D eigenvalue weighted by Crippen LogP contribution is 2.33. The van der Waals surface area contributed by atoms with Crippen LogP contribution in [0.2, 0.25) is 5.02 Å². The molecule has 6 nitrogen and oxygen atoms in total. The van der Waals surface area contributed by atoms with Gasteiger partial charge in [0.05, 0.1) is 6.54 Å². The van der Waals surface area contributed by atoms with E-state index in [2.05, 4.69) is 9.86 Å². The standard InChI is InChI=1S/C9H11ClN2O4S/c10-6-1-2-8-9(3-6)15-5-7(16-8)4-12-17(11,13)14/h1-3,7,12H,4-5H2,(H2,11,13,14)/p+1. The predicted octanol–water partition coefficient (Wildman–Crippen LogP) is -0.444. The highest BCUT2D eigenvalue weighted by Gasteiger charge is 2.22. The minimum absolute atomic E-state index is 0.119. The first-order valence-corrected chi connectivity index (χ1v) is 6.89. The van der Waals surface area contributed by atoms with Gasteiger partial charge in [-0.3, -0.25) is 0 Å². The molecule has 1 aromatic rings. The molecular formula is C9H12ClN2O4S+. The van der Waals surface area contributed by atoms with Gasteiger partial charge in [0.15, 0.2) is 11.5 Å². The van der Waals surface area contributed by atoms with Gasteiger partial charge >= 0.3 is 10.2 Å². The monoisotopic (exact) mass is 279 g/mol. The molecule has 0 saturated carbocycles. The molecule has 94 valence electrons. The van der Waals surface area contributed by atoms with Crippen LogP contribution >= 0.6 is 11.6 Å². The third kappa shape index (κ3) is 3.47.